The van der Waals surface area contributed by atoms with E-state index < -0.39 is 12.1 Å². The Labute approximate surface area is 99.6 Å². The first kappa shape index (κ1) is 13.7. The van der Waals surface area contributed by atoms with E-state index in [9.17, 15) is 9.59 Å². The number of carboxylic acids is 1. The molecule has 1 rings (SSSR count). The molecule has 1 heterocycles. The summed E-state index contributed by atoms with van der Waals surface area (Å²) in [5.41, 5.74) is 5.74. The Hall–Kier alpha value is -1.34. The molecule has 0 bridgehead atoms. The normalized spacial score (nSPS) is 22.0. The summed E-state index contributed by atoms with van der Waals surface area (Å²) in [6.45, 7) is 1.33. The first-order valence-electron chi connectivity index (χ1n) is 5.70. The Balaban J connectivity index is 2.22. The van der Waals surface area contributed by atoms with Gasteiger partial charge in [0.2, 0.25) is 0 Å². The van der Waals surface area contributed by atoms with E-state index in [1.165, 1.54) is 0 Å². The third-order valence-electron chi connectivity index (χ3n) is 2.72. The highest BCUT2D eigenvalue weighted by atomic mass is 16.4. The molecule has 0 aromatic carbocycles. The average Bonchev–Trinajstić information content (AvgIpc) is 2.28. The number of urea groups is 1. The summed E-state index contributed by atoms with van der Waals surface area (Å²) < 4.78 is 0. The van der Waals surface area contributed by atoms with Crippen molar-refractivity contribution in [2.45, 2.75) is 31.4 Å². The van der Waals surface area contributed by atoms with E-state index in [1.807, 2.05) is 0 Å². The molecule has 98 valence electrons. The zero-order valence-electron chi connectivity index (χ0n) is 9.63. The smallest absolute Gasteiger partial charge is 0.332 e. The third kappa shape index (κ3) is 4.58. The molecule has 7 nitrogen and oxygen atoms in total. The maximum Gasteiger partial charge on any atom is 0.332 e. The van der Waals surface area contributed by atoms with Crippen LogP contribution >= 0.6 is 0 Å². The number of aliphatic hydroxyl groups is 1. The number of rotatable bonds is 4. The molecule has 0 saturated carbocycles. The lowest BCUT2D eigenvalue weighted by molar-refractivity contribution is -0.146. The third-order valence-corrected chi connectivity index (χ3v) is 2.72. The fraction of sp³-hybridized carbons (Fsp3) is 0.800. The molecule has 7 heteroatoms. The number of aliphatic carboxylic acids is 1. The van der Waals surface area contributed by atoms with E-state index in [0.29, 0.717) is 13.1 Å². The van der Waals surface area contributed by atoms with Gasteiger partial charge in [0.25, 0.3) is 0 Å². The number of carbonyl (C=O) groups is 2. The number of carbonyl (C=O) groups excluding carboxylic acids is 1. The van der Waals surface area contributed by atoms with Crippen LogP contribution in [-0.2, 0) is 4.79 Å². The van der Waals surface area contributed by atoms with Gasteiger partial charge in [0, 0.05) is 32.1 Å². The number of nitrogens with one attached hydrogen (secondary N) is 1. The predicted molar refractivity (Wildman–Crippen MR) is 60.4 cm³/mol. The first-order valence-corrected chi connectivity index (χ1v) is 5.70. The van der Waals surface area contributed by atoms with Crippen molar-refractivity contribution in [1.29, 1.82) is 0 Å². The van der Waals surface area contributed by atoms with E-state index in [1.54, 1.807) is 4.90 Å². The molecule has 0 aromatic rings. The van der Waals surface area contributed by atoms with Crippen LogP contribution in [0.1, 0.15) is 19.3 Å². The molecule has 0 radical (unpaired) electrons. The lowest BCUT2D eigenvalue weighted by Crippen LogP contribution is -2.50. The first-order chi connectivity index (χ1) is 8.00. The Kier molecular flexibility index (Phi) is 5.17. The molecule has 17 heavy (non-hydrogen) atoms. The number of amides is 2. The van der Waals surface area contributed by atoms with Crippen LogP contribution in [0.25, 0.3) is 0 Å². The van der Waals surface area contributed by atoms with Crippen molar-refractivity contribution >= 4 is 12.0 Å². The molecule has 1 saturated heterocycles. The van der Waals surface area contributed by atoms with Gasteiger partial charge in [-0.2, -0.15) is 0 Å². The summed E-state index contributed by atoms with van der Waals surface area (Å²) in [5, 5.41) is 20.0. The maximum absolute atomic E-state index is 11.6. The summed E-state index contributed by atoms with van der Waals surface area (Å²) in [6, 6.07) is -0.239. The zero-order chi connectivity index (χ0) is 12.8. The molecule has 0 aromatic heterocycles. The summed E-state index contributed by atoms with van der Waals surface area (Å²) in [6.07, 6.45) is 0.369. The number of carboxylic acid groups (broad SMARTS) is 1. The van der Waals surface area contributed by atoms with E-state index in [4.69, 9.17) is 15.9 Å². The van der Waals surface area contributed by atoms with Gasteiger partial charge in [0.05, 0.1) is 0 Å². The second-order valence-electron chi connectivity index (χ2n) is 4.22. The van der Waals surface area contributed by atoms with Crippen LogP contribution in [0.2, 0.25) is 0 Å². The van der Waals surface area contributed by atoms with Gasteiger partial charge in [0.1, 0.15) is 0 Å². The molecule has 1 aliphatic heterocycles. The van der Waals surface area contributed by atoms with Crippen molar-refractivity contribution in [3.8, 4) is 0 Å². The van der Waals surface area contributed by atoms with Gasteiger partial charge in [-0.1, -0.05) is 0 Å². The van der Waals surface area contributed by atoms with Crippen molar-refractivity contribution in [2.24, 2.45) is 5.73 Å². The number of piperidine rings is 1. The van der Waals surface area contributed by atoms with Crippen LogP contribution in [-0.4, -0.2) is 58.9 Å². The highest BCUT2D eigenvalue weighted by molar-refractivity contribution is 5.74. The molecular weight excluding hydrogens is 226 g/mol. The fourth-order valence-electron chi connectivity index (χ4n) is 1.75. The molecular formula is C10H19N3O4. The number of nitrogens with two attached hydrogens (primary N) is 1. The summed E-state index contributed by atoms with van der Waals surface area (Å²) in [5.74, 6) is -1.28. The van der Waals surface area contributed by atoms with Crippen LogP contribution < -0.4 is 11.1 Å². The molecule has 1 fully saturated rings. The van der Waals surface area contributed by atoms with Gasteiger partial charge in [-0.05, 0) is 12.8 Å². The molecule has 0 aliphatic carbocycles. The fourth-order valence-corrected chi connectivity index (χ4v) is 1.75. The van der Waals surface area contributed by atoms with Crippen LogP contribution in [0.3, 0.4) is 0 Å². The molecule has 5 N–H and O–H groups in total. The summed E-state index contributed by atoms with van der Waals surface area (Å²) >= 11 is 0. The lowest BCUT2D eigenvalue weighted by atomic mass is 10.1. The molecule has 0 spiro atoms. The van der Waals surface area contributed by atoms with Crippen molar-refractivity contribution in [2.75, 3.05) is 19.6 Å². The Bertz CT molecular complexity index is 285. The van der Waals surface area contributed by atoms with Gasteiger partial charge in [0.15, 0.2) is 6.10 Å². The largest absolute Gasteiger partial charge is 0.479 e. The van der Waals surface area contributed by atoms with E-state index in [-0.39, 0.29) is 25.0 Å². The minimum atomic E-state index is -1.43. The molecule has 2 atom stereocenters. The van der Waals surface area contributed by atoms with Crippen molar-refractivity contribution in [1.82, 2.24) is 10.2 Å². The highest BCUT2D eigenvalue weighted by Crippen LogP contribution is 2.07. The summed E-state index contributed by atoms with van der Waals surface area (Å²) in [4.78, 5) is 23.6. The Morgan fingerprint density at radius 3 is 2.82 bits per heavy atom. The van der Waals surface area contributed by atoms with Gasteiger partial charge in [-0.15, -0.1) is 0 Å². The predicted octanol–water partition coefficient (Wildman–Crippen LogP) is -1.05. The van der Waals surface area contributed by atoms with E-state index in [0.717, 1.165) is 12.8 Å². The Morgan fingerprint density at radius 2 is 2.24 bits per heavy atom. The topological polar surface area (TPSA) is 116 Å². The second kappa shape index (κ2) is 6.41. The number of aliphatic hydroxyl groups excluding tert-OH is 1. The van der Waals surface area contributed by atoms with Gasteiger partial charge in [-0.3, -0.25) is 0 Å². The van der Waals surface area contributed by atoms with Gasteiger partial charge >= 0.3 is 12.0 Å². The monoisotopic (exact) mass is 245 g/mol. The van der Waals surface area contributed by atoms with Crippen LogP contribution in [0.15, 0.2) is 0 Å². The van der Waals surface area contributed by atoms with Crippen molar-refractivity contribution in [3.63, 3.8) is 0 Å². The van der Waals surface area contributed by atoms with Crippen LogP contribution in [0.4, 0.5) is 4.79 Å². The van der Waals surface area contributed by atoms with E-state index >= 15 is 0 Å². The standard InChI is InChI=1S/C10H19N3O4/c11-7-2-1-5-13(6-7)10(17)12-4-3-8(14)9(15)16/h7-8,14H,1-6,11H2,(H,12,17)(H,15,16)/t7?,8-/m0/s1. The zero-order valence-corrected chi connectivity index (χ0v) is 9.63. The number of nitrogens with zero attached hydrogens (tertiary/aromatic N) is 1. The lowest BCUT2D eigenvalue weighted by Gasteiger charge is -2.30. The molecule has 1 aliphatic rings. The quantitative estimate of drug-likeness (QED) is 0.504. The van der Waals surface area contributed by atoms with Crippen LogP contribution in [0, 0.1) is 0 Å². The maximum atomic E-state index is 11.6. The Morgan fingerprint density at radius 1 is 1.53 bits per heavy atom. The second-order valence-corrected chi connectivity index (χ2v) is 4.22. The minimum Gasteiger partial charge on any atom is -0.479 e. The minimum absolute atomic E-state index is 0.000959. The van der Waals surface area contributed by atoms with Crippen molar-refractivity contribution in [3.05, 3.63) is 0 Å². The van der Waals surface area contributed by atoms with Gasteiger partial charge < -0.3 is 26.2 Å². The van der Waals surface area contributed by atoms with Gasteiger partial charge in [-0.25, -0.2) is 9.59 Å². The average molecular weight is 245 g/mol. The number of likely N-dealkylation sites (tertiary alicyclic amines) is 1. The van der Waals surface area contributed by atoms with Crippen LogP contribution in [0.5, 0.6) is 0 Å². The number of hydrogen-bond donors (Lipinski definition) is 4. The molecule has 1 unspecified atom stereocenters. The highest BCUT2D eigenvalue weighted by Gasteiger charge is 2.21. The SMILES string of the molecule is NC1CCCN(C(=O)NCC[C@H](O)C(=O)O)C1. The number of hydrogen-bond acceptors (Lipinski definition) is 4. The van der Waals surface area contributed by atoms with E-state index in [2.05, 4.69) is 5.32 Å². The van der Waals surface area contributed by atoms with Crippen molar-refractivity contribution < 1.29 is 19.8 Å². The molecule has 2 amide bonds. The summed E-state index contributed by atoms with van der Waals surface area (Å²) in [7, 11) is 0.